The van der Waals surface area contributed by atoms with Crippen LogP contribution in [0, 0.1) is 0 Å². The predicted octanol–water partition coefficient (Wildman–Crippen LogP) is 0.995. The van der Waals surface area contributed by atoms with Crippen molar-refractivity contribution in [3.63, 3.8) is 0 Å². The summed E-state index contributed by atoms with van der Waals surface area (Å²) in [6.45, 7) is 1.84. The number of carbonyl (C=O) groups excluding carboxylic acids is 1. The number of hydrogen-bond acceptors (Lipinski definition) is 3. The van der Waals surface area contributed by atoms with Gasteiger partial charge in [0.1, 0.15) is 5.52 Å². The fourth-order valence-corrected chi connectivity index (χ4v) is 1.85. The second-order valence-electron chi connectivity index (χ2n) is 4.10. The molecule has 94 valence electrons. The third-order valence-corrected chi connectivity index (χ3v) is 3.07. The second-order valence-corrected chi connectivity index (χ2v) is 4.10. The lowest BCUT2D eigenvalue weighted by Crippen LogP contribution is -2.34. The van der Waals surface area contributed by atoms with E-state index < -0.39 is 6.03 Å². The first-order valence-electron chi connectivity index (χ1n) is 5.51. The lowest BCUT2D eigenvalue weighted by atomic mass is 10.0. The zero-order valence-electron chi connectivity index (χ0n) is 10.2. The standard InChI is InChI=1S/C12H14N4O2/c1-7(16(2)12(13)18)9-6-15-11(17)10-8(9)4-3-5-14-10/h3-7H,1-2H3,(H2,13,18)(H,15,17). The van der Waals surface area contributed by atoms with Gasteiger partial charge in [0.25, 0.3) is 5.56 Å². The molecular formula is C12H14N4O2. The molecule has 2 amide bonds. The third kappa shape index (κ3) is 1.92. The minimum atomic E-state index is -0.522. The molecule has 1 atom stereocenters. The van der Waals surface area contributed by atoms with E-state index in [1.54, 1.807) is 31.6 Å². The van der Waals surface area contributed by atoms with Crippen molar-refractivity contribution in [1.82, 2.24) is 14.9 Å². The van der Waals surface area contributed by atoms with Gasteiger partial charge in [-0.2, -0.15) is 0 Å². The maximum Gasteiger partial charge on any atom is 0.315 e. The molecule has 2 aromatic heterocycles. The van der Waals surface area contributed by atoms with E-state index in [1.165, 1.54) is 4.90 Å². The average molecular weight is 246 g/mol. The van der Waals surface area contributed by atoms with Crippen LogP contribution in [0.3, 0.4) is 0 Å². The summed E-state index contributed by atoms with van der Waals surface area (Å²) >= 11 is 0. The lowest BCUT2D eigenvalue weighted by Gasteiger charge is -2.23. The van der Waals surface area contributed by atoms with Gasteiger partial charge in [-0.25, -0.2) is 4.79 Å². The highest BCUT2D eigenvalue weighted by atomic mass is 16.2. The fourth-order valence-electron chi connectivity index (χ4n) is 1.85. The van der Waals surface area contributed by atoms with Gasteiger partial charge in [-0.15, -0.1) is 0 Å². The minimum Gasteiger partial charge on any atom is -0.351 e. The first-order valence-corrected chi connectivity index (χ1v) is 5.51. The molecular weight excluding hydrogens is 232 g/mol. The van der Waals surface area contributed by atoms with E-state index in [4.69, 9.17) is 5.73 Å². The Labute approximate surface area is 103 Å². The van der Waals surface area contributed by atoms with Gasteiger partial charge in [0.05, 0.1) is 6.04 Å². The van der Waals surface area contributed by atoms with Crippen LogP contribution < -0.4 is 11.3 Å². The maximum atomic E-state index is 11.6. The number of urea groups is 1. The first-order chi connectivity index (χ1) is 8.52. The largest absolute Gasteiger partial charge is 0.351 e. The summed E-state index contributed by atoms with van der Waals surface area (Å²) in [5.41, 5.74) is 6.17. The van der Waals surface area contributed by atoms with Crippen molar-refractivity contribution >= 4 is 16.9 Å². The van der Waals surface area contributed by atoms with Crippen molar-refractivity contribution in [3.8, 4) is 0 Å². The molecule has 0 bridgehead atoms. The number of aromatic amines is 1. The number of fused-ring (bicyclic) bond motifs is 1. The molecule has 0 saturated carbocycles. The number of amides is 2. The number of nitrogens with zero attached hydrogens (tertiary/aromatic N) is 2. The molecule has 2 heterocycles. The first kappa shape index (κ1) is 12.1. The summed E-state index contributed by atoms with van der Waals surface area (Å²) in [6, 6.07) is 2.79. The normalized spacial score (nSPS) is 12.3. The molecule has 0 saturated heterocycles. The Hall–Kier alpha value is -2.37. The topological polar surface area (TPSA) is 92.1 Å². The molecule has 0 aromatic carbocycles. The predicted molar refractivity (Wildman–Crippen MR) is 68.1 cm³/mol. The van der Waals surface area contributed by atoms with Crippen molar-refractivity contribution in [2.75, 3.05) is 7.05 Å². The Morgan fingerprint density at radius 3 is 2.94 bits per heavy atom. The Bertz CT molecular complexity index is 650. The van der Waals surface area contributed by atoms with E-state index in [0.717, 1.165) is 10.9 Å². The molecule has 0 aliphatic carbocycles. The molecule has 6 heteroatoms. The van der Waals surface area contributed by atoms with Crippen LogP contribution in [0.2, 0.25) is 0 Å². The summed E-state index contributed by atoms with van der Waals surface area (Å²) in [7, 11) is 1.61. The lowest BCUT2D eigenvalue weighted by molar-refractivity contribution is 0.204. The molecule has 6 nitrogen and oxygen atoms in total. The van der Waals surface area contributed by atoms with Gasteiger partial charge in [-0.3, -0.25) is 9.78 Å². The number of pyridine rings is 2. The van der Waals surface area contributed by atoms with E-state index >= 15 is 0 Å². The highest BCUT2D eigenvalue weighted by molar-refractivity contribution is 5.82. The quantitative estimate of drug-likeness (QED) is 0.827. The van der Waals surface area contributed by atoms with Gasteiger partial charge in [0.15, 0.2) is 0 Å². The molecule has 0 aliphatic rings. The molecule has 2 rings (SSSR count). The summed E-state index contributed by atoms with van der Waals surface area (Å²) in [6.07, 6.45) is 3.15. The van der Waals surface area contributed by atoms with E-state index in [0.29, 0.717) is 5.52 Å². The summed E-state index contributed by atoms with van der Waals surface area (Å²) in [5, 5.41) is 0.724. The maximum absolute atomic E-state index is 11.6. The zero-order valence-corrected chi connectivity index (χ0v) is 10.2. The molecule has 0 spiro atoms. The van der Waals surface area contributed by atoms with Gasteiger partial charge in [-0.05, 0) is 13.0 Å². The number of rotatable bonds is 2. The van der Waals surface area contributed by atoms with Crippen LogP contribution in [-0.4, -0.2) is 27.9 Å². The molecule has 18 heavy (non-hydrogen) atoms. The van der Waals surface area contributed by atoms with E-state index in [1.807, 2.05) is 6.92 Å². The van der Waals surface area contributed by atoms with Crippen LogP contribution in [0.15, 0.2) is 29.3 Å². The number of carbonyl (C=O) groups is 1. The fraction of sp³-hybridized carbons (Fsp3) is 0.250. The number of aromatic nitrogens is 2. The summed E-state index contributed by atoms with van der Waals surface area (Å²) in [4.78, 5) is 30.9. The molecule has 0 aliphatic heterocycles. The Balaban J connectivity index is 2.62. The number of H-pyrrole nitrogens is 1. The smallest absolute Gasteiger partial charge is 0.315 e. The van der Waals surface area contributed by atoms with Crippen molar-refractivity contribution in [3.05, 3.63) is 40.4 Å². The van der Waals surface area contributed by atoms with E-state index in [2.05, 4.69) is 9.97 Å². The third-order valence-electron chi connectivity index (χ3n) is 3.07. The monoisotopic (exact) mass is 246 g/mol. The van der Waals surface area contributed by atoms with Crippen LogP contribution in [0.5, 0.6) is 0 Å². The van der Waals surface area contributed by atoms with Gasteiger partial charge >= 0.3 is 6.03 Å². The number of nitrogens with one attached hydrogen (secondary N) is 1. The van der Waals surface area contributed by atoms with Gasteiger partial charge in [0.2, 0.25) is 0 Å². The highest BCUT2D eigenvalue weighted by Crippen LogP contribution is 2.23. The van der Waals surface area contributed by atoms with Crippen molar-refractivity contribution in [2.45, 2.75) is 13.0 Å². The average Bonchev–Trinajstić information content (AvgIpc) is 2.38. The van der Waals surface area contributed by atoms with Gasteiger partial charge in [0, 0.05) is 30.4 Å². The molecule has 1 unspecified atom stereocenters. The molecule has 2 aromatic rings. The van der Waals surface area contributed by atoms with Crippen molar-refractivity contribution < 1.29 is 4.79 Å². The van der Waals surface area contributed by atoms with Crippen molar-refractivity contribution in [2.24, 2.45) is 5.73 Å². The Morgan fingerprint density at radius 1 is 1.56 bits per heavy atom. The van der Waals surface area contributed by atoms with Crippen molar-refractivity contribution in [1.29, 1.82) is 0 Å². The van der Waals surface area contributed by atoms with Crippen LogP contribution in [-0.2, 0) is 0 Å². The Morgan fingerprint density at radius 2 is 2.28 bits per heavy atom. The number of primary amides is 1. The second kappa shape index (κ2) is 4.48. The van der Waals surface area contributed by atoms with Crippen LogP contribution >= 0.6 is 0 Å². The van der Waals surface area contributed by atoms with Crippen LogP contribution in [0.25, 0.3) is 10.9 Å². The Kier molecular flexibility index (Phi) is 3.01. The zero-order chi connectivity index (χ0) is 13.3. The number of nitrogens with two attached hydrogens (primary N) is 1. The number of hydrogen-bond donors (Lipinski definition) is 2. The van der Waals surface area contributed by atoms with E-state index in [9.17, 15) is 9.59 Å². The van der Waals surface area contributed by atoms with Crippen LogP contribution in [0.1, 0.15) is 18.5 Å². The molecule has 3 N–H and O–H groups in total. The van der Waals surface area contributed by atoms with Gasteiger partial charge in [-0.1, -0.05) is 6.07 Å². The SMILES string of the molecule is CC(c1c[nH]c(=O)c2ncccc12)N(C)C(N)=O. The van der Waals surface area contributed by atoms with Gasteiger partial charge < -0.3 is 15.6 Å². The summed E-state index contributed by atoms with van der Waals surface area (Å²) < 4.78 is 0. The van der Waals surface area contributed by atoms with Crippen LogP contribution in [0.4, 0.5) is 4.79 Å². The van der Waals surface area contributed by atoms with E-state index in [-0.39, 0.29) is 11.6 Å². The molecule has 0 radical (unpaired) electrons. The summed E-state index contributed by atoms with van der Waals surface area (Å²) in [5.74, 6) is 0. The minimum absolute atomic E-state index is 0.244. The highest BCUT2D eigenvalue weighted by Gasteiger charge is 2.18. The molecule has 0 fully saturated rings.